The highest BCUT2D eigenvalue weighted by Crippen LogP contribution is 2.16. The quantitative estimate of drug-likeness (QED) is 0.780. The number of amides is 1. The molecule has 1 aromatic rings. The van der Waals surface area contributed by atoms with Crippen molar-refractivity contribution in [2.45, 2.75) is 31.8 Å². The van der Waals surface area contributed by atoms with E-state index in [0.29, 0.717) is 18.7 Å². The molecule has 0 radical (unpaired) electrons. The summed E-state index contributed by atoms with van der Waals surface area (Å²) in [5.74, 6) is -0.345. The van der Waals surface area contributed by atoms with Crippen molar-refractivity contribution in [2.75, 3.05) is 19.6 Å². The Morgan fingerprint density at radius 3 is 2.19 bits per heavy atom. The summed E-state index contributed by atoms with van der Waals surface area (Å²) in [5.41, 5.74) is 0.356. The van der Waals surface area contributed by atoms with Crippen molar-refractivity contribution in [3.63, 3.8) is 0 Å². The lowest BCUT2D eigenvalue weighted by molar-refractivity contribution is 0.0924. The molecule has 1 aromatic carbocycles. The van der Waals surface area contributed by atoms with Crippen LogP contribution in [0.25, 0.3) is 0 Å². The van der Waals surface area contributed by atoms with Crippen LogP contribution in [0.3, 0.4) is 0 Å². The minimum Gasteiger partial charge on any atom is -0.392 e. The molecule has 118 valence electrons. The first kappa shape index (κ1) is 17.6. The molecule has 21 heavy (non-hydrogen) atoms. The summed E-state index contributed by atoms with van der Waals surface area (Å²) in [7, 11) is -3.51. The highest BCUT2D eigenvalue weighted by Gasteiger charge is 2.21. The van der Waals surface area contributed by atoms with Gasteiger partial charge in [0.2, 0.25) is 10.0 Å². The van der Waals surface area contributed by atoms with Gasteiger partial charge >= 0.3 is 0 Å². The van der Waals surface area contributed by atoms with E-state index in [-0.39, 0.29) is 17.3 Å². The molecule has 0 aliphatic heterocycles. The van der Waals surface area contributed by atoms with Crippen LogP contribution in [-0.2, 0) is 10.0 Å². The Labute approximate surface area is 125 Å². The molecule has 0 aliphatic rings. The number of carbonyl (C=O) groups is 1. The summed E-state index contributed by atoms with van der Waals surface area (Å²) >= 11 is 0. The zero-order chi connectivity index (χ0) is 16.0. The third-order valence-electron chi connectivity index (χ3n) is 3.02. The largest absolute Gasteiger partial charge is 0.392 e. The molecule has 1 unspecified atom stereocenters. The fourth-order valence-corrected chi connectivity index (χ4v) is 3.29. The summed E-state index contributed by atoms with van der Waals surface area (Å²) in [6.45, 7) is 6.07. The first-order valence-electron chi connectivity index (χ1n) is 6.89. The van der Waals surface area contributed by atoms with Crippen LogP contribution in [0.1, 0.15) is 31.1 Å². The molecule has 0 aromatic heterocycles. The second-order valence-electron chi connectivity index (χ2n) is 4.67. The number of carbonyl (C=O) groups excluding carboxylic acids is 1. The molecule has 1 rings (SSSR count). The van der Waals surface area contributed by atoms with Gasteiger partial charge < -0.3 is 10.4 Å². The van der Waals surface area contributed by atoms with Gasteiger partial charge in [0.15, 0.2) is 0 Å². The Bertz CT molecular complexity index is 563. The van der Waals surface area contributed by atoms with E-state index in [1.54, 1.807) is 20.8 Å². The number of nitrogens with one attached hydrogen (secondary N) is 1. The Kier molecular flexibility index (Phi) is 6.32. The maximum atomic E-state index is 12.3. The molecular weight excluding hydrogens is 292 g/mol. The van der Waals surface area contributed by atoms with Crippen molar-refractivity contribution in [2.24, 2.45) is 0 Å². The predicted octanol–water partition coefficient (Wildman–Crippen LogP) is 0.828. The molecular formula is C14H22N2O4S. The molecule has 2 N–H and O–H groups in total. The lowest BCUT2D eigenvalue weighted by Crippen LogP contribution is -2.31. The first-order valence-corrected chi connectivity index (χ1v) is 8.33. The number of benzene rings is 1. The molecule has 7 heteroatoms. The SMILES string of the molecule is CCN(CC)S(=O)(=O)c1ccc(C(=O)NCC(C)O)cc1. The van der Waals surface area contributed by atoms with Gasteiger partial charge in [-0.1, -0.05) is 13.8 Å². The van der Waals surface area contributed by atoms with Crippen LogP contribution < -0.4 is 5.32 Å². The third kappa shape index (κ3) is 4.52. The molecule has 0 spiro atoms. The van der Waals surface area contributed by atoms with Gasteiger partial charge in [0.05, 0.1) is 11.0 Å². The molecule has 0 heterocycles. The van der Waals surface area contributed by atoms with Crippen molar-refractivity contribution in [1.82, 2.24) is 9.62 Å². The van der Waals surface area contributed by atoms with E-state index in [1.165, 1.54) is 28.6 Å². The number of nitrogens with zero attached hydrogens (tertiary/aromatic N) is 1. The zero-order valence-corrected chi connectivity index (χ0v) is 13.4. The van der Waals surface area contributed by atoms with Gasteiger partial charge in [-0.15, -0.1) is 0 Å². The van der Waals surface area contributed by atoms with Crippen LogP contribution >= 0.6 is 0 Å². The van der Waals surface area contributed by atoms with Gasteiger partial charge in [0.1, 0.15) is 0 Å². The van der Waals surface area contributed by atoms with Crippen LogP contribution in [0.5, 0.6) is 0 Å². The monoisotopic (exact) mass is 314 g/mol. The zero-order valence-electron chi connectivity index (χ0n) is 12.5. The summed E-state index contributed by atoms with van der Waals surface area (Å²) in [5, 5.41) is 11.7. The number of sulfonamides is 1. The van der Waals surface area contributed by atoms with Crippen molar-refractivity contribution < 1.29 is 18.3 Å². The number of aliphatic hydroxyl groups is 1. The Morgan fingerprint density at radius 1 is 1.24 bits per heavy atom. The molecule has 0 fully saturated rings. The van der Waals surface area contributed by atoms with E-state index >= 15 is 0 Å². The van der Waals surface area contributed by atoms with Gasteiger partial charge in [0.25, 0.3) is 5.91 Å². The Morgan fingerprint density at radius 2 is 1.76 bits per heavy atom. The molecule has 6 nitrogen and oxygen atoms in total. The molecule has 1 atom stereocenters. The van der Waals surface area contributed by atoms with Crippen LogP contribution in [0.4, 0.5) is 0 Å². The first-order chi connectivity index (χ1) is 9.82. The van der Waals surface area contributed by atoms with Gasteiger partial charge in [0, 0.05) is 25.2 Å². The van der Waals surface area contributed by atoms with Gasteiger partial charge in [-0.25, -0.2) is 8.42 Å². The minimum atomic E-state index is -3.51. The average Bonchev–Trinajstić information content (AvgIpc) is 2.45. The summed E-state index contributed by atoms with van der Waals surface area (Å²) in [4.78, 5) is 11.9. The lowest BCUT2D eigenvalue weighted by atomic mass is 10.2. The van der Waals surface area contributed by atoms with E-state index in [2.05, 4.69) is 5.32 Å². The number of aliphatic hydroxyl groups excluding tert-OH is 1. The normalized spacial score (nSPS) is 13.2. The van der Waals surface area contributed by atoms with E-state index in [9.17, 15) is 13.2 Å². The predicted molar refractivity (Wildman–Crippen MR) is 80.6 cm³/mol. The molecule has 0 bridgehead atoms. The topological polar surface area (TPSA) is 86.7 Å². The summed E-state index contributed by atoms with van der Waals surface area (Å²) < 4.78 is 25.9. The number of hydrogen-bond donors (Lipinski definition) is 2. The molecule has 1 amide bonds. The lowest BCUT2D eigenvalue weighted by Gasteiger charge is -2.18. The van der Waals surface area contributed by atoms with Crippen molar-refractivity contribution in [1.29, 1.82) is 0 Å². The maximum absolute atomic E-state index is 12.3. The van der Waals surface area contributed by atoms with E-state index in [1.807, 2.05) is 0 Å². The smallest absolute Gasteiger partial charge is 0.251 e. The van der Waals surface area contributed by atoms with E-state index in [0.717, 1.165) is 0 Å². The molecule has 0 saturated heterocycles. The Hall–Kier alpha value is -1.44. The molecule has 0 aliphatic carbocycles. The standard InChI is InChI=1S/C14H22N2O4S/c1-4-16(5-2)21(19,20)13-8-6-12(7-9-13)14(18)15-10-11(3)17/h6-9,11,17H,4-5,10H2,1-3H3,(H,15,18). The highest BCUT2D eigenvalue weighted by atomic mass is 32.2. The summed E-state index contributed by atoms with van der Waals surface area (Å²) in [6, 6.07) is 5.78. The summed E-state index contributed by atoms with van der Waals surface area (Å²) in [6.07, 6.45) is -0.628. The van der Waals surface area contributed by atoms with Gasteiger partial charge in [-0.2, -0.15) is 4.31 Å². The minimum absolute atomic E-state index is 0.151. The van der Waals surface area contributed by atoms with Crippen molar-refractivity contribution >= 4 is 15.9 Å². The second-order valence-corrected chi connectivity index (χ2v) is 6.61. The average molecular weight is 314 g/mol. The second kappa shape index (κ2) is 7.53. The van der Waals surface area contributed by atoms with Crippen molar-refractivity contribution in [3.05, 3.63) is 29.8 Å². The highest BCUT2D eigenvalue weighted by molar-refractivity contribution is 7.89. The van der Waals surface area contributed by atoms with Gasteiger partial charge in [-0.05, 0) is 31.2 Å². The third-order valence-corrected chi connectivity index (χ3v) is 5.08. The fraction of sp³-hybridized carbons (Fsp3) is 0.500. The van der Waals surface area contributed by atoms with Gasteiger partial charge in [-0.3, -0.25) is 4.79 Å². The van der Waals surface area contributed by atoms with Crippen LogP contribution in [0.15, 0.2) is 29.2 Å². The van der Waals surface area contributed by atoms with Crippen LogP contribution in [0, 0.1) is 0 Å². The van der Waals surface area contributed by atoms with Crippen molar-refractivity contribution in [3.8, 4) is 0 Å². The van der Waals surface area contributed by atoms with Crippen LogP contribution in [0.2, 0.25) is 0 Å². The number of rotatable bonds is 7. The molecule has 0 saturated carbocycles. The van der Waals surface area contributed by atoms with E-state index in [4.69, 9.17) is 5.11 Å². The maximum Gasteiger partial charge on any atom is 0.251 e. The van der Waals surface area contributed by atoms with E-state index < -0.39 is 16.1 Å². The number of hydrogen-bond acceptors (Lipinski definition) is 4. The Balaban J connectivity index is 2.90. The van der Waals surface area contributed by atoms with Crippen LogP contribution in [-0.4, -0.2) is 49.5 Å². The fourth-order valence-electron chi connectivity index (χ4n) is 1.83.